The molecule has 0 spiro atoms. The lowest BCUT2D eigenvalue weighted by atomic mass is 9.99. The summed E-state index contributed by atoms with van der Waals surface area (Å²) in [6.45, 7) is 4.18. The lowest BCUT2D eigenvalue weighted by Gasteiger charge is -2.07. The molecule has 2 aromatic carbocycles. The van der Waals surface area contributed by atoms with E-state index >= 15 is 0 Å². The van der Waals surface area contributed by atoms with Crippen LogP contribution in [0.4, 0.5) is 0 Å². The lowest BCUT2D eigenvalue weighted by Crippen LogP contribution is -1.84. The van der Waals surface area contributed by atoms with Gasteiger partial charge in [-0.15, -0.1) is 0 Å². The van der Waals surface area contributed by atoms with Crippen molar-refractivity contribution in [2.45, 2.75) is 13.8 Å². The molecule has 3 aromatic rings. The maximum atomic E-state index is 4.27. The molecule has 0 radical (unpaired) electrons. The van der Waals surface area contributed by atoms with Crippen LogP contribution in [0.2, 0.25) is 0 Å². The average molecular weight is 259 g/mol. The Bertz CT molecular complexity index is 727. The van der Waals surface area contributed by atoms with Crippen molar-refractivity contribution >= 4 is 0 Å². The normalized spacial score (nSPS) is 10.5. The van der Waals surface area contributed by atoms with Gasteiger partial charge in [-0.05, 0) is 48.2 Å². The van der Waals surface area contributed by atoms with Crippen molar-refractivity contribution in [3.63, 3.8) is 0 Å². The predicted octanol–water partition coefficient (Wildman–Crippen LogP) is 5.03. The van der Waals surface area contributed by atoms with E-state index in [-0.39, 0.29) is 0 Å². The van der Waals surface area contributed by atoms with Gasteiger partial charge in [0.05, 0.1) is 0 Å². The highest BCUT2D eigenvalue weighted by Crippen LogP contribution is 2.26. The van der Waals surface area contributed by atoms with Gasteiger partial charge in [0.2, 0.25) is 0 Å². The molecule has 0 bridgehead atoms. The third-order valence-corrected chi connectivity index (χ3v) is 3.46. The van der Waals surface area contributed by atoms with Gasteiger partial charge in [-0.25, -0.2) is 0 Å². The van der Waals surface area contributed by atoms with Gasteiger partial charge in [-0.2, -0.15) is 0 Å². The Morgan fingerprint density at radius 2 is 1.30 bits per heavy atom. The maximum absolute atomic E-state index is 4.27. The first-order valence-corrected chi connectivity index (χ1v) is 6.81. The fourth-order valence-corrected chi connectivity index (χ4v) is 2.34. The first-order valence-electron chi connectivity index (χ1n) is 6.81. The molecule has 0 N–H and O–H groups in total. The Hall–Kier alpha value is -2.41. The number of rotatable bonds is 2. The second-order valence-electron chi connectivity index (χ2n) is 5.20. The van der Waals surface area contributed by atoms with Crippen LogP contribution in [0.1, 0.15) is 11.1 Å². The molecule has 3 rings (SSSR count). The summed E-state index contributed by atoms with van der Waals surface area (Å²) in [6.07, 6.45) is 3.80. The molecule has 1 aromatic heterocycles. The quantitative estimate of drug-likeness (QED) is 0.628. The van der Waals surface area contributed by atoms with E-state index in [4.69, 9.17) is 0 Å². The number of hydrogen-bond donors (Lipinski definition) is 0. The van der Waals surface area contributed by atoms with E-state index in [1.54, 1.807) is 0 Å². The highest BCUT2D eigenvalue weighted by Gasteiger charge is 2.02. The second-order valence-corrected chi connectivity index (χ2v) is 5.20. The van der Waals surface area contributed by atoms with Crippen molar-refractivity contribution in [1.29, 1.82) is 0 Å². The minimum atomic E-state index is 1.17. The molecule has 0 unspecified atom stereocenters. The highest BCUT2D eigenvalue weighted by molar-refractivity contribution is 5.72. The van der Waals surface area contributed by atoms with Gasteiger partial charge in [0.15, 0.2) is 0 Å². The zero-order valence-electron chi connectivity index (χ0n) is 11.8. The summed E-state index contributed by atoms with van der Waals surface area (Å²) in [7, 11) is 0. The Labute approximate surface area is 119 Å². The van der Waals surface area contributed by atoms with E-state index in [1.165, 1.54) is 33.4 Å². The third kappa shape index (κ3) is 2.62. The molecular formula is C19H17N. The highest BCUT2D eigenvalue weighted by atomic mass is 14.6. The van der Waals surface area contributed by atoms with E-state index in [2.05, 4.69) is 73.4 Å². The smallest absolute Gasteiger partial charge is 0.0346 e. The summed E-state index contributed by atoms with van der Waals surface area (Å²) < 4.78 is 0. The van der Waals surface area contributed by atoms with Gasteiger partial charge >= 0.3 is 0 Å². The van der Waals surface area contributed by atoms with Gasteiger partial charge in [-0.1, -0.05) is 48.0 Å². The van der Waals surface area contributed by atoms with E-state index in [9.17, 15) is 0 Å². The SMILES string of the molecule is Cc1ccc(-c2cccc(-c3cncc(C)c3)c2)cc1. The number of pyridine rings is 1. The molecule has 20 heavy (non-hydrogen) atoms. The molecule has 0 aliphatic rings. The van der Waals surface area contributed by atoms with Crippen LogP contribution in [0, 0.1) is 13.8 Å². The minimum absolute atomic E-state index is 1.17. The van der Waals surface area contributed by atoms with E-state index in [0.717, 1.165) is 0 Å². The van der Waals surface area contributed by atoms with Crippen molar-refractivity contribution in [2.24, 2.45) is 0 Å². The van der Waals surface area contributed by atoms with Crippen molar-refractivity contribution in [2.75, 3.05) is 0 Å². The number of hydrogen-bond acceptors (Lipinski definition) is 1. The molecule has 0 fully saturated rings. The summed E-state index contributed by atoms with van der Waals surface area (Å²) in [4.78, 5) is 4.27. The van der Waals surface area contributed by atoms with Gasteiger partial charge in [0, 0.05) is 18.0 Å². The number of aryl methyl sites for hydroxylation is 2. The summed E-state index contributed by atoms with van der Waals surface area (Å²) in [5.74, 6) is 0. The summed E-state index contributed by atoms with van der Waals surface area (Å²) >= 11 is 0. The molecule has 98 valence electrons. The largest absolute Gasteiger partial charge is 0.264 e. The molecule has 0 saturated heterocycles. The molecule has 0 aliphatic heterocycles. The lowest BCUT2D eigenvalue weighted by molar-refractivity contribution is 1.27. The van der Waals surface area contributed by atoms with Crippen molar-refractivity contribution in [1.82, 2.24) is 4.98 Å². The summed E-state index contributed by atoms with van der Waals surface area (Å²) in [5, 5.41) is 0. The summed E-state index contributed by atoms with van der Waals surface area (Å²) in [6, 6.07) is 19.4. The molecule has 0 amide bonds. The van der Waals surface area contributed by atoms with Crippen LogP contribution in [0.15, 0.2) is 67.0 Å². The topological polar surface area (TPSA) is 12.9 Å². The van der Waals surface area contributed by atoms with E-state index < -0.39 is 0 Å². The fourth-order valence-electron chi connectivity index (χ4n) is 2.34. The van der Waals surface area contributed by atoms with Crippen molar-refractivity contribution in [3.8, 4) is 22.3 Å². The standard InChI is InChI=1S/C19H17N/c1-14-6-8-16(9-7-14)17-4-3-5-18(11-17)19-10-15(2)12-20-13-19/h3-13H,1-2H3. The third-order valence-electron chi connectivity index (χ3n) is 3.46. The van der Waals surface area contributed by atoms with Gasteiger partial charge in [-0.3, -0.25) is 4.98 Å². The Balaban J connectivity index is 2.03. The van der Waals surface area contributed by atoms with Crippen LogP contribution >= 0.6 is 0 Å². The summed E-state index contributed by atoms with van der Waals surface area (Å²) in [5.41, 5.74) is 7.33. The number of nitrogens with zero attached hydrogens (tertiary/aromatic N) is 1. The van der Waals surface area contributed by atoms with Crippen LogP contribution in [-0.2, 0) is 0 Å². The zero-order chi connectivity index (χ0) is 13.9. The Morgan fingerprint density at radius 1 is 0.600 bits per heavy atom. The fraction of sp³-hybridized carbons (Fsp3) is 0.105. The molecule has 0 atom stereocenters. The van der Waals surface area contributed by atoms with Gasteiger partial charge in [0.1, 0.15) is 0 Å². The van der Waals surface area contributed by atoms with E-state index in [0.29, 0.717) is 0 Å². The minimum Gasteiger partial charge on any atom is -0.264 e. The average Bonchev–Trinajstić information content (AvgIpc) is 2.48. The predicted molar refractivity (Wildman–Crippen MR) is 84.6 cm³/mol. The van der Waals surface area contributed by atoms with Crippen LogP contribution in [-0.4, -0.2) is 4.98 Å². The van der Waals surface area contributed by atoms with Crippen LogP contribution in [0.25, 0.3) is 22.3 Å². The molecule has 1 nitrogen and oxygen atoms in total. The zero-order valence-corrected chi connectivity index (χ0v) is 11.8. The molecular weight excluding hydrogens is 242 g/mol. The number of benzene rings is 2. The molecule has 0 saturated carbocycles. The maximum Gasteiger partial charge on any atom is 0.0346 e. The number of aromatic nitrogens is 1. The van der Waals surface area contributed by atoms with Gasteiger partial charge < -0.3 is 0 Å². The van der Waals surface area contributed by atoms with Crippen LogP contribution < -0.4 is 0 Å². The first-order chi connectivity index (χ1) is 9.72. The monoisotopic (exact) mass is 259 g/mol. The second kappa shape index (κ2) is 5.30. The van der Waals surface area contributed by atoms with Crippen LogP contribution in [0.5, 0.6) is 0 Å². The molecule has 0 aliphatic carbocycles. The van der Waals surface area contributed by atoms with Crippen molar-refractivity contribution < 1.29 is 0 Å². The Morgan fingerprint density at radius 3 is 2.00 bits per heavy atom. The molecule has 1 heterocycles. The Kier molecular flexibility index (Phi) is 3.34. The van der Waals surface area contributed by atoms with Crippen molar-refractivity contribution in [3.05, 3.63) is 78.1 Å². The first kappa shape index (κ1) is 12.6. The van der Waals surface area contributed by atoms with Gasteiger partial charge in [0.25, 0.3) is 0 Å². The van der Waals surface area contributed by atoms with E-state index in [1.807, 2.05) is 12.4 Å². The van der Waals surface area contributed by atoms with Crippen LogP contribution in [0.3, 0.4) is 0 Å². The molecule has 1 heteroatoms.